The summed E-state index contributed by atoms with van der Waals surface area (Å²) in [7, 11) is 0. The lowest BCUT2D eigenvalue weighted by atomic mass is 10.0. The minimum Gasteiger partial charge on any atom is -0.242 e. The Kier molecular flexibility index (Phi) is 5.75. The van der Waals surface area contributed by atoms with Crippen LogP contribution < -0.4 is 0 Å². The van der Waals surface area contributed by atoms with Crippen LogP contribution in [0.4, 0.5) is 0 Å². The quantitative estimate of drug-likeness (QED) is 0.645. The highest BCUT2D eigenvalue weighted by atomic mass is 79.9. The van der Waals surface area contributed by atoms with Gasteiger partial charge in [0.05, 0.1) is 5.71 Å². The van der Waals surface area contributed by atoms with E-state index in [1.807, 2.05) is 0 Å². The Labute approximate surface area is 107 Å². The van der Waals surface area contributed by atoms with Crippen molar-refractivity contribution in [1.29, 1.82) is 0 Å². The van der Waals surface area contributed by atoms with Crippen molar-refractivity contribution in [2.24, 2.45) is 10.9 Å². The highest BCUT2D eigenvalue weighted by Crippen LogP contribution is 2.20. The van der Waals surface area contributed by atoms with Gasteiger partial charge in [-0.1, -0.05) is 32.4 Å². The van der Waals surface area contributed by atoms with Gasteiger partial charge in [0, 0.05) is 0 Å². The van der Waals surface area contributed by atoms with Gasteiger partial charge in [-0.25, -0.2) is 4.99 Å². The van der Waals surface area contributed by atoms with Gasteiger partial charge in [-0.2, -0.15) is 0 Å². The number of aliphatic imine (C=N–C) groups is 1. The zero-order valence-corrected chi connectivity index (χ0v) is 11.9. The number of unbranched alkanes of at least 4 members (excludes halogenated alkanes) is 1. The van der Waals surface area contributed by atoms with Gasteiger partial charge in [-0.15, -0.1) is 0 Å². The molecule has 1 atom stereocenters. The lowest BCUT2D eigenvalue weighted by Crippen LogP contribution is -2.01. The van der Waals surface area contributed by atoms with Crippen molar-refractivity contribution >= 4 is 21.6 Å². The zero-order chi connectivity index (χ0) is 12.0. The third-order valence-electron chi connectivity index (χ3n) is 2.58. The number of halogens is 1. The molecule has 88 valence electrons. The molecular weight excluding hydrogens is 262 g/mol. The molecule has 0 fully saturated rings. The Morgan fingerprint density at radius 3 is 3.00 bits per heavy atom. The Morgan fingerprint density at radius 2 is 2.31 bits per heavy atom. The van der Waals surface area contributed by atoms with Crippen molar-refractivity contribution < 1.29 is 0 Å². The molecule has 0 aromatic heterocycles. The topological polar surface area (TPSA) is 12.4 Å². The first-order valence-corrected chi connectivity index (χ1v) is 6.72. The predicted octanol–water partition coefficient (Wildman–Crippen LogP) is 5.01. The molecule has 1 aliphatic heterocycles. The van der Waals surface area contributed by atoms with Crippen molar-refractivity contribution in [3.8, 4) is 0 Å². The number of hydrogen-bond acceptors (Lipinski definition) is 1. The third-order valence-corrected chi connectivity index (χ3v) is 3.02. The molecule has 0 spiro atoms. The summed E-state index contributed by atoms with van der Waals surface area (Å²) < 4.78 is 0.948. The molecule has 16 heavy (non-hydrogen) atoms. The predicted molar refractivity (Wildman–Crippen MR) is 76.0 cm³/mol. The van der Waals surface area contributed by atoms with Crippen LogP contribution >= 0.6 is 15.9 Å². The number of allylic oxidation sites excluding steroid dienone is 5. The molecule has 0 saturated heterocycles. The van der Waals surface area contributed by atoms with Crippen molar-refractivity contribution in [3.05, 3.63) is 34.5 Å². The molecule has 1 aliphatic rings. The van der Waals surface area contributed by atoms with Crippen LogP contribution in [0, 0.1) is 5.92 Å². The minimum absolute atomic E-state index is 0.550. The van der Waals surface area contributed by atoms with Crippen molar-refractivity contribution in [3.63, 3.8) is 0 Å². The molecule has 0 radical (unpaired) electrons. The van der Waals surface area contributed by atoms with E-state index in [-0.39, 0.29) is 0 Å². The van der Waals surface area contributed by atoms with Crippen LogP contribution in [0.1, 0.15) is 40.0 Å². The molecule has 0 aromatic carbocycles. The summed E-state index contributed by atoms with van der Waals surface area (Å²) in [4.78, 5) is 4.58. The summed E-state index contributed by atoms with van der Waals surface area (Å²) in [6.45, 7) is 6.52. The minimum atomic E-state index is 0.550. The first-order chi connectivity index (χ1) is 7.63. The Hall–Kier alpha value is -0.630. The lowest BCUT2D eigenvalue weighted by molar-refractivity contribution is 0.738. The first-order valence-electron chi connectivity index (χ1n) is 5.93. The molecular formula is C14H20BrN. The van der Waals surface area contributed by atoms with E-state index in [9.17, 15) is 0 Å². The van der Waals surface area contributed by atoms with Crippen LogP contribution in [0.2, 0.25) is 0 Å². The van der Waals surface area contributed by atoms with Gasteiger partial charge in [-0.05, 0) is 59.3 Å². The number of hydrogen-bond donors (Lipinski definition) is 0. The van der Waals surface area contributed by atoms with Gasteiger partial charge in [0.25, 0.3) is 0 Å². The SMILES string of the molecule is CCC\C=C/C1=N\C(Br)=C/C(C)C\C=C\1C. The van der Waals surface area contributed by atoms with Gasteiger partial charge < -0.3 is 0 Å². The Morgan fingerprint density at radius 1 is 1.56 bits per heavy atom. The standard InChI is InChI=1S/C14H20BrN/c1-4-5-6-7-13-12(3)9-8-11(2)10-14(15)16-13/h6-7,9-11H,4-5,8H2,1-3H3/b7-6-,12-9+,14-10-,16-13+. The highest BCUT2D eigenvalue weighted by molar-refractivity contribution is 9.11. The van der Waals surface area contributed by atoms with Gasteiger partial charge in [0.2, 0.25) is 0 Å². The Bertz CT molecular complexity index is 348. The maximum atomic E-state index is 4.58. The second-order valence-corrected chi connectivity index (χ2v) is 5.09. The average molecular weight is 282 g/mol. The first kappa shape index (κ1) is 13.4. The van der Waals surface area contributed by atoms with Gasteiger partial charge in [0.1, 0.15) is 4.61 Å². The van der Waals surface area contributed by atoms with E-state index >= 15 is 0 Å². The zero-order valence-electron chi connectivity index (χ0n) is 10.3. The fraction of sp³-hybridized carbons (Fsp3) is 0.500. The third kappa shape index (κ3) is 4.48. The van der Waals surface area contributed by atoms with Crippen LogP contribution in [0.3, 0.4) is 0 Å². The summed E-state index contributed by atoms with van der Waals surface area (Å²) in [5.41, 5.74) is 2.34. The smallest absolute Gasteiger partial charge is 0.103 e. The molecule has 0 N–H and O–H groups in total. The van der Waals surface area contributed by atoms with Crippen LogP contribution in [-0.2, 0) is 0 Å². The summed E-state index contributed by atoms with van der Waals surface area (Å²) in [5, 5.41) is 0. The molecule has 2 heteroatoms. The second kappa shape index (κ2) is 6.85. The van der Waals surface area contributed by atoms with E-state index in [0.29, 0.717) is 5.92 Å². The molecule has 0 bridgehead atoms. The summed E-state index contributed by atoms with van der Waals surface area (Å²) in [6, 6.07) is 0. The summed E-state index contributed by atoms with van der Waals surface area (Å²) >= 11 is 3.50. The van der Waals surface area contributed by atoms with Crippen LogP contribution in [-0.4, -0.2) is 5.71 Å². The van der Waals surface area contributed by atoms with E-state index in [2.05, 4.69) is 66.0 Å². The van der Waals surface area contributed by atoms with Crippen LogP contribution in [0.15, 0.2) is 39.5 Å². The van der Waals surface area contributed by atoms with Gasteiger partial charge in [0.15, 0.2) is 0 Å². The molecule has 0 aromatic rings. The second-order valence-electron chi connectivity index (χ2n) is 4.28. The monoisotopic (exact) mass is 281 g/mol. The van der Waals surface area contributed by atoms with Crippen molar-refractivity contribution in [2.75, 3.05) is 0 Å². The van der Waals surface area contributed by atoms with E-state index in [4.69, 9.17) is 0 Å². The molecule has 0 saturated carbocycles. The molecule has 1 rings (SSSR count). The van der Waals surface area contributed by atoms with Crippen molar-refractivity contribution in [1.82, 2.24) is 0 Å². The number of nitrogens with zero attached hydrogens (tertiary/aromatic N) is 1. The van der Waals surface area contributed by atoms with Crippen LogP contribution in [0.5, 0.6) is 0 Å². The van der Waals surface area contributed by atoms with Crippen molar-refractivity contribution in [2.45, 2.75) is 40.0 Å². The summed E-state index contributed by atoms with van der Waals surface area (Å²) in [6.07, 6.45) is 12.1. The lowest BCUT2D eigenvalue weighted by Gasteiger charge is -2.10. The number of rotatable bonds is 3. The Balaban J connectivity index is 2.90. The molecule has 1 heterocycles. The molecule has 0 amide bonds. The fourth-order valence-electron chi connectivity index (χ4n) is 1.54. The maximum Gasteiger partial charge on any atom is 0.103 e. The van der Waals surface area contributed by atoms with E-state index in [1.165, 1.54) is 12.0 Å². The fourth-order valence-corrected chi connectivity index (χ4v) is 2.18. The summed E-state index contributed by atoms with van der Waals surface area (Å²) in [5.74, 6) is 0.550. The van der Waals surface area contributed by atoms with Crippen LogP contribution in [0.25, 0.3) is 0 Å². The largest absolute Gasteiger partial charge is 0.242 e. The van der Waals surface area contributed by atoms with Gasteiger partial charge >= 0.3 is 0 Å². The van der Waals surface area contributed by atoms with Gasteiger partial charge in [-0.3, -0.25) is 0 Å². The molecule has 1 unspecified atom stereocenters. The molecule has 1 nitrogen and oxygen atoms in total. The van der Waals surface area contributed by atoms with E-state index < -0.39 is 0 Å². The highest BCUT2D eigenvalue weighted by Gasteiger charge is 2.05. The normalized spacial score (nSPS) is 32.0. The molecule has 0 aliphatic carbocycles. The average Bonchev–Trinajstić information content (AvgIpc) is 2.23. The maximum absolute atomic E-state index is 4.58. The van der Waals surface area contributed by atoms with E-state index in [0.717, 1.165) is 23.2 Å². The van der Waals surface area contributed by atoms with E-state index in [1.54, 1.807) is 0 Å².